The normalized spacial score (nSPS) is 18.4. The number of benzene rings is 2. The van der Waals surface area contributed by atoms with E-state index in [1.54, 1.807) is 7.11 Å². The number of carbonyl (C=O) groups excluding carboxylic acids is 2. The highest BCUT2D eigenvalue weighted by Crippen LogP contribution is 2.43. The summed E-state index contributed by atoms with van der Waals surface area (Å²) >= 11 is 0. The highest BCUT2D eigenvalue weighted by atomic mass is 16.5. The maximum atomic E-state index is 12.0. The summed E-state index contributed by atoms with van der Waals surface area (Å²) in [6.45, 7) is 19.3. The Kier molecular flexibility index (Phi) is 13.8. The Hall–Kier alpha value is -4.29. The van der Waals surface area contributed by atoms with Crippen molar-refractivity contribution < 1.29 is 23.8 Å². The number of carbonyl (C=O) groups is 2. The number of aryl methyl sites for hydroxylation is 1. The number of anilines is 2. The molecule has 4 atom stereocenters. The van der Waals surface area contributed by atoms with Crippen molar-refractivity contribution in [1.82, 2.24) is 14.5 Å². The summed E-state index contributed by atoms with van der Waals surface area (Å²) in [5.41, 5.74) is 16.3. The number of hydrogen-bond donors (Lipinski definition) is 2. The lowest BCUT2D eigenvalue weighted by Crippen LogP contribution is -2.44. The third-order valence-electron chi connectivity index (χ3n) is 11.7. The van der Waals surface area contributed by atoms with Crippen LogP contribution in [0, 0.1) is 17.3 Å². The van der Waals surface area contributed by atoms with Crippen molar-refractivity contribution >= 4 is 34.5 Å². The first-order valence-corrected chi connectivity index (χ1v) is 20.7. The van der Waals surface area contributed by atoms with Crippen LogP contribution < -0.4 is 16.0 Å². The number of pyridine rings is 1. The molecule has 1 saturated heterocycles. The van der Waals surface area contributed by atoms with Crippen LogP contribution in [0.3, 0.4) is 0 Å². The van der Waals surface area contributed by atoms with Crippen LogP contribution in [-0.2, 0) is 43.2 Å². The Balaban J connectivity index is 1.48. The first-order chi connectivity index (χ1) is 27.3. The van der Waals surface area contributed by atoms with E-state index in [0.717, 1.165) is 107 Å². The van der Waals surface area contributed by atoms with E-state index in [0.29, 0.717) is 38.5 Å². The summed E-state index contributed by atoms with van der Waals surface area (Å²) in [6, 6.07) is 14.8. The summed E-state index contributed by atoms with van der Waals surface area (Å²) in [5, 5.41) is 4.70. The zero-order chi connectivity index (χ0) is 40.9. The molecule has 2 aliphatic rings. The van der Waals surface area contributed by atoms with Crippen LogP contribution in [0.25, 0.3) is 33.3 Å². The number of nitrogens with one attached hydrogen (secondary N) is 1. The van der Waals surface area contributed by atoms with E-state index >= 15 is 0 Å². The Morgan fingerprint density at radius 2 is 1.86 bits per heavy atom. The summed E-state index contributed by atoms with van der Waals surface area (Å²) < 4.78 is 20.0. The van der Waals surface area contributed by atoms with Crippen molar-refractivity contribution in [2.45, 2.75) is 79.5 Å². The molecule has 4 unspecified atom stereocenters. The van der Waals surface area contributed by atoms with E-state index in [9.17, 15) is 9.59 Å². The minimum Gasteiger partial charge on any atom is -0.465 e. The van der Waals surface area contributed by atoms with Gasteiger partial charge in [0.25, 0.3) is 0 Å². The smallest absolute Gasteiger partial charge is 0.302 e. The van der Waals surface area contributed by atoms with Gasteiger partial charge in [-0.2, -0.15) is 0 Å². The molecule has 1 aliphatic heterocycles. The topological polar surface area (TPSA) is 124 Å². The van der Waals surface area contributed by atoms with E-state index in [4.69, 9.17) is 24.9 Å². The second kappa shape index (κ2) is 18.5. The molecule has 11 nitrogen and oxygen atoms in total. The van der Waals surface area contributed by atoms with Gasteiger partial charge in [-0.25, -0.2) is 0 Å². The first kappa shape index (κ1) is 42.3. The fourth-order valence-corrected chi connectivity index (χ4v) is 8.11. The summed E-state index contributed by atoms with van der Waals surface area (Å²) in [7, 11) is 3.90. The van der Waals surface area contributed by atoms with Gasteiger partial charge in [0.1, 0.15) is 6.29 Å². The third kappa shape index (κ3) is 10.4. The van der Waals surface area contributed by atoms with Crippen molar-refractivity contribution in [3.8, 4) is 22.4 Å². The van der Waals surface area contributed by atoms with Gasteiger partial charge < -0.3 is 44.4 Å². The largest absolute Gasteiger partial charge is 0.465 e. The number of aromatic nitrogens is 2. The van der Waals surface area contributed by atoms with Gasteiger partial charge in [-0.05, 0) is 105 Å². The van der Waals surface area contributed by atoms with Gasteiger partial charge in [-0.3, -0.25) is 9.78 Å². The number of rotatable bonds is 19. The minimum absolute atomic E-state index is 0.239. The number of esters is 1. The molecule has 3 heterocycles. The van der Waals surface area contributed by atoms with Crippen molar-refractivity contribution in [3.63, 3.8) is 0 Å². The predicted molar refractivity (Wildman–Crippen MR) is 230 cm³/mol. The maximum Gasteiger partial charge on any atom is 0.302 e. The molecule has 0 radical (unpaired) electrons. The minimum atomic E-state index is -0.592. The molecule has 1 saturated carbocycles. The number of ether oxygens (including phenoxy) is 3. The number of aldehydes is 1. The molecule has 0 spiro atoms. The van der Waals surface area contributed by atoms with Gasteiger partial charge >= 0.3 is 5.97 Å². The van der Waals surface area contributed by atoms with Crippen molar-refractivity contribution in [3.05, 3.63) is 65.5 Å². The molecule has 11 heteroatoms. The molecule has 0 amide bonds. The van der Waals surface area contributed by atoms with E-state index in [2.05, 4.69) is 104 Å². The number of nitrogens with two attached hydrogens (primary N) is 1. The average molecular weight is 781 g/mol. The Bertz CT molecular complexity index is 2020. The molecular formula is C46H64N6O5. The monoisotopic (exact) mass is 780 g/mol. The van der Waals surface area contributed by atoms with Crippen molar-refractivity contribution in [2.75, 3.05) is 76.9 Å². The van der Waals surface area contributed by atoms with E-state index in [1.807, 2.05) is 6.20 Å². The number of hydrogen-bond acceptors (Lipinski definition) is 10. The van der Waals surface area contributed by atoms with E-state index in [-0.39, 0.29) is 17.5 Å². The second-order valence-corrected chi connectivity index (χ2v) is 17.1. The summed E-state index contributed by atoms with van der Waals surface area (Å²) in [5.74, 6) is 1.17. The molecule has 0 bridgehead atoms. The quantitative estimate of drug-likeness (QED) is 0.0577. The van der Waals surface area contributed by atoms with Crippen molar-refractivity contribution in [2.24, 2.45) is 23.0 Å². The molecule has 6 rings (SSSR count). The number of likely N-dealkylation sites (N-methyl/N-ethyl adjacent to an activating group) is 1. The van der Waals surface area contributed by atoms with Crippen LogP contribution >= 0.6 is 0 Å². The van der Waals surface area contributed by atoms with Gasteiger partial charge in [0, 0.05) is 87.5 Å². The lowest BCUT2D eigenvalue weighted by atomic mass is 9.84. The fraction of sp³-hybridized carbons (Fsp3) is 0.543. The zero-order valence-electron chi connectivity index (χ0n) is 35.4. The fourth-order valence-electron chi connectivity index (χ4n) is 8.11. The molecule has 2 aromatic carbocycles. The molecule has 2 fully saturated rings. The van der Waals surface area contributed by atoms with Crippen LogP contribution in [-0.4, -0.2) is 99.5 Å². The molecule has 1 aliphatic carbocycles. The van der Waals surface area contributed by atoms with Gasteiger partial charge in [0.05, 0.1) is 48.6 Å². The molecule has 57 heavy (non-hydrogen) atoms. The number of piperazine rings is 1. The van der Waals surface area contributed by atoms with Gasteiger partial charge in [0.2, 0.25) is 0 Å². The summed E-state index contributed by atoms with van der Waals surface area (Å²) in [6.07, 6.45) is 4.91. The Morgan fingerprint density at radius 3 is 2.53 bits per heavy atom. The molecule has 2 aromatic heterocycles. The lowest BCUT2D eigenvalue weighted by Gasteiger charge is -2.34. The average Bonchev–Trinajstić information content (AvgIpc) is 3.82. The molecule has 3 N–H and O–H groups in total. The Labute approximate surface area is 339 Å². The van der Waals surface area contributed by atoms with Crippen LogP contribution in [0.4, 0.5) is 11.4 Å². The van der Waals surface area contributed by atoms with Crippen LogP contribution in [0.15, 0.2) is 48.7 Å². The SMILES string of the molecule is CCn1c(-c2cc(N3CCN(C)CC3)cnc2C(C)OC)c(CC(C)(C)COC(C)=O)c2cc(-c3cc(CC(N)C=O)cc(NCCOCC4CC4C)c3)ccc21. The number of nitrogens with zero attached hydrogens (tertiary/aromatic N) is 4. The van der Waals surface area contributed by atoms with Crippen LogP contribution in [0.2, 0.25) is 0 Å². The standard InChI is InChI=1S/C46H64N6O5/c1-9-52-43-11-10-34(35-19-33(20-37(47)27-53)21-38(22-35)48-12-17-56-28-36-18-30(36)2)23-40(43)42(25-46(5,6)29-57-32(4)54)45(52)41-24-39(26-49-44(41)31(3)55-8)51-15-13-50(7)14-16-51/h10-11,19,21-24,26-27,30-31,36-37,48H,9,12-18,20,25,28-29,47H2,1-8H3. The predicted octanol–water partition coefficient (Wildman–Crippen LogP) is 7.13. The van der Waals surface area contributed by atoms with Gasteiger partial charge in [-0.15, -0.1) is 0 Å². The second-order valence-electron chi connectivity index (χ2n) is 17.1. The lowest BCUT2D eigenvalue weighted by molar-refractivity contribution is -0.143. The molecule has 308 valence electrons. The summed E-state index contributed by atoms with van der Waals surface area (Å²) in [4.78, 5) is 33.6. The molecule has 4 aromatic rings. The highest BCUT2D eigenvalue weighted by Gasteiger charge is 2.32. The number of fused-ring (bicyclic) bond motifs is 1. The van der Waals surface area contributed by atoms with Crippen LogP contribution in [0.1, 0.15) is 70.9 Å². The zero-order valence-corrected chi connectivity index (χ0v) is 35.4. The van der Waals surface area contributed by atoms with Gasteiger partial charge in [-0.1, -0.05) is 32.9 Å². The Morgan fingerprint density at radius 1 is 1.11 bits per heavy atom. The maximum absolute atomic E-state index is 12.0. The van der Waals surface area contributed by atoms with E-state index < -0.39 is 6.04 Å². The van der Waals surface area contributed by atoms with Gasteiger partial charge in [0.15, 0.2) is 0 Å². The number of methoxy groups -OCH3 is 1. The third-order valence-corrected chi connectivity index (χ3v) is 11.7. The molecular weight excluding hydrogens is 717 g/mol. The van der Waals surface area contributed by atoms with E-state index in [1.165, 1.54) is 18.9 Å². The van der Waals surface area contributed by atoms with Crippen LogP contribution in [0.5, 0.6) is 0 Å². The highest BCUT2D eigenvalue weighted by molar-refractivity contribution is 5.96. The van der Waals surface area contributed by atoms with Crippen molar-refractivity contribution in [1.29, 1.82) is 0 Å². The first-order valence-electron chi connectivity index (χ1n) is 20.7.